The van der Waals surface area contributed by atoms with Gasteiger partial charge in [-0.1, -0.05) is 40.2 Å². The van der Waals surface area contributed by atoms with Gasteiger partial charge in [-0.2, -0.15) is 0 Å². The van der Waals surface area contributed by atoms with E-state index in [9.17, 15) is 8.42 Å². The molecule has 6 heteroatoms. The molecule has 0 aliphatic rings. The Balaban J connectivity index is 2.33. The van der Waals surface area contributed by atoms with Gasteiger partial charge in [0.05, 0.1) is 16.3 Å². The Morgan fingerprint density at radius 2 is 1.67 bits per heavy atom. The number of hydrogen-bond donors (Lipinski definition) is 1. The second-order valence-electron chi connectivity index (χ2n) is 4.79. The first-order valence-electron chi connectivity index (χ1n) is 6.38. The Morgan fingerprint density at radius 3 is 2.24 bits per heavy atom. The molecule has 2 aromatic rings. The molecule has 2 rings (SSSR count). The number of anilines is 2. The normalized spacial score (nSPS) is 11.2. The van der Waals surface area contributed by atoms with Crippen molar-refractivity contribution >= 4 is 37.3 Å². The number of alkyl halides is 1. The fraction of sp³-hybridized carbons (Fsp3) is 0.200. The predicted octanol–water partition coefficient (Wildman–Crippen LogP) is 3.45. The van der Waals surface area contributed by atoms with E-state index in [2.05, 4.69) is 20.7 Å². The van der Waals surface area contributed by atoms with Crippen LogP contribution in [0.5, 0.6) is 0 Å². The summed E-state index contributed by atoms with van der Waals surface area (Å²) in [5.74, 6) is 0. The van der Waals surface area contributed by atoms with E-state index in [0.717, 1.165) is 11.3 Å². The molecule has 0 bridgehead atoms. The van der Waals surface area contributed by atoms with Crippen LogP contribution in [0.1, 0.15) is 5.56 Å². The van der Waals surface area contributed by atoms with E-state index in [-0.39, 0.29) is 4.90 Å². The summed E-state index contributed by atoms with van der Waals surface area (Å²) < 4.78 is 27.5. The molecule has 0 radical (unpaired) electrons. The zero-order valence-electron chi connectivity index (χ0n) is 11.9. The lowest BCUT2D eigenvalue weighted by Crippen LogP contribution is -2.17. The summed E-state index contributed by atoms with van der Waals surface area (Å²) in [4.78, 5) is 2.12. The molecular formula is C15H17BrN2O2S. The molecule has 0 aromatic heterocycles. The van der Waals surface area contributed by atoms with Crippen molar-refractivity contribution in [2.24, 2.45) is 0 Å². The molecule has 0 unspecified atom stereocenters. The van der Waals surface area contributed by atoms with Gasteiger partial charge < -0.3 is 4.90 Å². The Hall–Kier alpha value is -1.53. The van der Waals surface area contributed by atoms with Crippen LogP contribution in [0.15, 0.2) is 53.4 Å². The number of halogens is 1. The van der Waals surface area contributed by atoms with Gasteiger partial charge in [-0.3, -0.25) is 4.72 Å². The van der Waals surface area contributed by atoms with Gasteiger partial charge in [-0.25, -0.2) is 8.42 Å². The van der Waals surface area contributed by atoms with E-state index in [1.807, 2.05) is 31.1 Å². The second kappa shape index (κ2) is 6.49. The first-order chi connectivity index (χ1) is 9.94. The Kier molecular flexibility index (Phi) is 4.90. The molecule has 0 atom stereocenters. The van der Waals surface area contributed by atoms with Gasteiger partial charge in [0.25, 0.3) is 10.0 Å². The van der Waals surface area contributed by atoms with Gasteiger partial charge in [-0.05, 0) is 29.8 Å². The summed E-state index contributed by atoms with van der Waals surface area (Å²) in [6.45, 7) is 0. The minimum Gasteiger partial charge on any atom is -0.376 e. The standard InChI is InChI=1S/C15H17BrN2O2S/c1-18(2)15-6-4-3-5-14(15)17-21(19,20)13-9-7-12(11-16)8-10-13/h3-10,17H,11H2,1-2H3. The maximum absolute atomic E-state index is 12.4. The van der Waals surface area contributed by atoms with E-state index in [0.29, 0.717) is 11.0 Å². The van der Waals surface area contributed by atoms with Crippen molar-refractivity contribution in [3.8, 4) is 0 Å². The quantitative estimate of drug-likeness (QED) is 0.822. The summed E-state index contributed by atoms with van der Waals surface area (Å²) >= 11 is 3.34. The van der Waals surface area contributed by atoms with Crippen molar-refractivity contribution in [1.29, 1.82) is 0 Å². The molecule has 0 aliphatic carbocycles. The van der Waals surface area contributed by atoms with Crippen molar-refractivity contribution < 1.29 is 8.42 Å². The van der Waals surface area contributed by atoms with Crippen LogP contribution in [-0.2, 0) is 15.4 Å². The van der Waals surface area contributed by atoms with Crippen LogP contribution in [0.4, 0.5) is 11.4 Å². The molecule has 0 spiro atoms. The molecule has 1 N–H and O–H groups in total. The number of rotatable bonds is 5. The highest BCUT2D eigenvalue weighted by Gasteiger charge is 2.16. The zero-order chi connectivity index (χ0) is 15.5. The van der Waals surface area contributed by atoms with Crippen LogP contribution in [0, 0.1) is 0 Å². The molecule has 0 saturated carbocycles. The summed E-state index contributed by atoms with van der Waals surface area (Å²) in [5, 5.41) is 0.699. The van der Waals surface area contributed by atoms with Crippen molar-refractivity contribution in [3.63, 3.8) is 0 Å². The van der Waals surface area contributed by atoms with Gasteiger partial charge in [0, 0.05) is 19.4 Å². The molecule has 21 heavy (non-hydrogen) atoms. The van der Waals surface area contributed by atoms with Crippen LogP contribution < -0.4 is 9.62 Å². The monoisotopic (exact) mass is 368 g/mol. The van der Waals surface area contributed by atoms with Crippen molar-refractivity contribution in [2.75, 3.05) is 23.7 Å². The van der Waals surface area contributed by atoms with E-state index in [1.165, 1.54) is 0 Å². The Morgan fingerprint density at radius 1 is 1.05 bits per heavy atom. The van der Waals surface area contributed by atoms with Gasteiger partial charge in [-0.15, -0.1) is 0 Å². The Bertz CT molecular complexity index is 713. The SMILES string of the molecule is CN(C)c1ccccc1NS(=O)(=O)c1ccc(CBr)cc1. The van der Waals surface area contributed by atoms with Gasteiger partial charge in [0.15, 0.2) is 0 Å². The second-order valence-corrected chi connectivity index (χ2v) is 7.04. The Labute approximate surface area is 134 Å². The number of nitrogens with zero attached hydrogens (tertiary/aromatic N) is 1. The van der Waals surface area contributed by atoms with Crippen LogP contribution >= 0.6 is 15.9 Å². The largest absolute Gasteiger partial charge is 0.376 e. The molecular weight excluding hydrogens is 352 g/mol. The lowest BCUT2D eigenvalue weighted by atomic mass is 10.2. The average Bonchev–Trinajstić information content (AvgIpc) is 2.47. The summed E-state index contributed by atoms with van der Waals surface area (Å²) in [7, 11) is 0.160. The average molecular weight is 369 g/mol. The molecule has 112 valence electrons. The van der Waals surface area contributed by atoms with Crippen LogP contribution in [0.3, 0.4) is 0 Å². The molecule has 0 heterocycles. The van der Waals surface area contributed by atoms with Crippen LogP contribution in [0.2, 0.25) is 0 Å². The number of hydrogen-bond acceptors (Lipinski definition) is 3. The molecule has 0 amide bonds. The van der Waals surface area contributed by atoms with E-state index in [1.54, 1.807) is 36.4 Å². The first-order valence-corrected chi connectivity index (χ1v) is 8.98. The lowest BCUT2D eigenvalue weighted by Gasteiger charge is -2.18. The zero-order valence-corrected chi connectivity index (χ0v) is 14.3. The fourth-order valence-corrected chi connectivity index (χ4v) is 3.36. The van der Waals surface area contributed by atoms with E-state index in [4.69, 9.17) is 0 Å². The smallest absolute Gasteiger partial charge is 0.261 e. The van der Waals surface area contributed by atoms with Gasteiger partial charge in [0.1, 0.15) is 0 Å². The van der Waals surface area contributed by atoms with Crippen molar-refractivity contribution in [2.45, 2.75) is 10.2 Å². The fourth-order valence-electron chi connectivity index (χ4n) is 1.91. The molecule has 4 nitrogen and oxygen atoms in total. The third kappa shape index (κ3) is 3.77. The maximum Gasteiger partial charge on any atom is 0.261 e. The maximum atomic E-state index is 12.4. The topological polar surface area (TPSA) is 49.4 Å². The van der Waals surface area contributed by atoms with Crippen LogP contribution in [-0.4, -0.2) is 22.5 Å². The molecule has 0 fully saturated rings. The van der Waals surface area contributed by atoms with Crippen LogP contribution in [0.25, 0.3) is 0 Å². The van der Waals surface area contributed by atoms with Gasteiger partial charge >= 0.3 is 0 Å². The first kappa shape index (κ1) is 15.9. The number of sulfonamides is 1. The third-order valence-electron chi connectivity index (χ3n) is 3.02. The highest BCUT2D eigenvalue weighted by molar-refractivity contribution is 9.08. The van der Waals surface area contributed by atoms with Gasteiger partial charge in [0.2, 0.25) is 0 Å². The number of benzene rings is 2. The molecule has 2 aromatic carbocycles. The minimum absolute atomic E-state index is 0.251. The number of para-hydroxylation sites is 2. The predicted molar refractivity (Wildman–Crippen MR) is 90.7 cm³/mol. The van der Waals surface area contributed by atoms with E-state index >= 15 is 0 Å². The lowest BCUT2D eigenvalue weighted by molar-refractivity contribution is 0.601. The van der Waals surface area contributed by atoms with Crippen molar-refractivity contribution in [1.82, 2.24) is 0 Å². The third-order valence-corrected chi connectivity index (χ3v) is 5.05. The summed E-state index contributed by atoms with van der Waals surface area (Å²) in [6.07, 6.45) is 0. The summed E-state index contributed by atoms with van der Waals surface area (Å²) in [5.41, 5.74) is 2.41. The number of nitrogens with one attached hydrogen (secondary N) is 1. The highest BCUT2D eigenvalue weighted by Crippen LogP contribution is 2.26. The molecule has 0 saturated heterocycles. The minimum atomic E-state index is -3.59. The highest BCUT2D eigenvalue weighted by atomic mass is 79.9. The van der Waals surface area contributed by atoms with Crippen molar-refractivity contribution in [3.05, 3.63) is 54.1 Å². The molecule has 0 aliphatic heterocycles. The van der Waals surface area contributed by atoms with E-state index < -0.39 is 10.0 Å². The summed E-state index contributed by atoms with van der Waals surface area (Å²) in [6, 6.07) is 14.1.